The van der Waals surface area contributed by atoms with E-state index in [1.54, 1.807) is 6.07 Å². The van der Waals surface area contributed by atoms with Crippen LogP contribution in [-0.2, 0) is 0 Å². The van der Waals surface area contributed by atoms with Crippen molar-refractivity contribution in [1.82, 2.24) is 4.98 Å². The lowest BCUT2D eigenvalue weighted by Gasteiger charge is -2.05. The summed E-state index contributed by atoms with van der Waals surface area (Å²) in [4.78, 5) is 14.3. The quantitative estimate of drug-likeness (QED) is 0.742. The van der Waals surface area contributed by atoms with Crippen LogP contribution in [0.15, 0.2) is 18.3 Å². The topological polar surface area (TPSA) is 59.4 Å². The molecule has 1 heterocycles. The minimum absolute atomic E-state index is 0.0360. The summed E-state index contributed by atoms with van der Waals surface area (Å²) in [5.74, 6) is 1.80. The maximum Gasteiger partial charge on any atom is 0.354 e. The van der Waals surface area contributed by atoms with Crippen molar-refractivity contribution < 1.29 is 14.6 Å². The molecule has 1 aromatic rings. The molecule has 5 heteroatoms. The number of pyridine rings is 1. The van der Waals surface area contributed by atoms with Gasteiger partial charge in [-0.1, -0.05) is 6.92 Å². The van der Waals surface area contributed by atoms with Gasteiger partial charge in [-0.15, -0.1) is 0 Å². The summed E-state index contributed by atoms with van der Waals surface area (Å²) in [5.41, 5.74) is 0.0360. The number of aromatic carboxylic acids is 1. The van der Waals surface area contributed by atoms with Crippen LogP contribution in [0.2, 0.25) is 0 Å². The number of thioether (sulfide) groups is 1. The zero-order valence-electron chi connectivity index (χ0n) is 9.18. The van der Waals surface area contributed by atoms with Crippen LogP contribution in [0.1, 0.15) is 23.8 Å². The van der Waals surface area contributed by atoms with E-state index in [9.17, 15) is 4.79 Å². The lowest BCUT2D eigenvalue weighted by atomic mass is 10.3. The minimum atomic E-state index is -1.02. The van der Waals surface area contributed by atoms with Gasteiger partial charge in [0, 0.05) is 0 Å². The number of hydrogen-bond acceptors (Lipinski definition) is 4. The van der Waals surface area contributed by atoms with Crippen molar-refractivity contribution >= 4 is 17.7 Å². The van der Waals surface area contributed by atoms with E-state index in [0.717, 1.165) is 17.9 Å². The van der Waals surface area contributed by atoms with E-state index in [1.807, 2.05) is 11.8 Å². The molecule has 16 heavy (non-hydrogen) atoms. The van der Waals surface area contributed by atoms with E-state index in [0.29, 0.717) is 12.4 Å². The first-order chi connectivity index (χ1) is 7.74. The molecule has 0 aliphatic carbocycles. The molecule has 0 saturated heterocycles. The number of carboxylic acids is 1. The van der Waals surface area contributed by atoms with Crippen molar-refractivity contribution in [2.24, 2.45) is 0 Å². The van der Waals surface area contributed by atoms with Gasteiger partial charge >= 0.3 is 5.97 Å². The fraction of sp³-hybridized carbons (Fsp3) is 0.455. The highest BCUT2D eigenvalue weighted by Gasteiger charge is 2.03. The second kappa shape index (κ2) is 7.11. The normalized spacial score (nSPS) is 10.1. The zero-order chi connectivity index (χ0) is 11.8. The van der Waals surface area contributed by atoms with Crippen molar-refractivity contribution in [2.75, 3.05) is 18.1 Å². The Bertz CT molecular complexity index is 327. The Morgan fingerprint density at radius 1 is 1.56 bits per heavy atom. The third-order valence-corrected chi connectivity index (χ3v) is 2.85. The van der Waals surface area contributed by atoms with Gasteiger partial charge in [0.05, 0.1) is 12.8 Å². The number of carboxylic acid groups (broad SMARTS) is 1. The molecule has 0 radical (unpaired) electrons. The number of carbonyl (C=O) groups is 1. The van der Waals surface area contributed by atoms with Crippen molar-refractivity contribution in [3.63, 3.8) is 0 Å². The van der Waals surface area contributed by atoms with Crippen LogP contribution in [0.25, 0.3) is 0 Å². The highest BCUT2D eigenvalue weighted by Crippen LogP contribution is 2.10. The molecule has 1 rings (SSSR count). The zero-order valence-corrected chi connectivity index (χ0v) is 10.00. The predicted octanol–water partition coefficient (Wildman–Crippen LogP) is 2.30. The first-order valence-electron chi connectivity index (χ1n) is 5.14. The van der Waals surface area contributed by atoms with E-state index in [1.165, 1.54) is 12.3 Å². The standard InChI is InChI=1S/C11H15NO3S/c1-2-16-7-3-6-15-9-4-5-10(11(13)14)12-8-9/h4-5,8H,2-3,6-7H2,1H3,(H,13,14). The molecule has 88 valence electrons. The number of nitrogens with zero attached hydrogens (tertiary/aromatic N) is 1. The van der Waals surface area contributed by atoms with Crippen LogP contribution in [0.3, 0.4) is 0 Å². The first kappa shape index (κ1) is 12.8. The van der Waals surface area contributed by atoms with Gasteiger partial charge in [-0.3, -0.25) is 0 Å². The van der Waals surface area contributed by atoms with Gasteiger partial charge in [0.25, 0.3) is 0 Å². The Morgan fingerprint density at radius 2 is 2.38 bits per heavy atom. The SMILES string of the molecule is CCSCCCOc1ccc(C(=O)O)nc1. The molecule has 4 nitrogen and oxygen atoms in total. The van der Waals surface area contributed by atoms with E-state index >= 15 is 0 Å². The van der Waals surface area contributed by atoms with Crippen molar-refractivity contribution in [3.05, 3.63) is 24.0 Å². The Balaban J connectivity index is 2.29. The second-order valence-electron chi connectivity index (χ2n) is 3.08. The summed E-state index contributed by atoms with van der Waals surface area (Å²) in [6.07, 6.45) is 2.43. The molecule has 0 fully saturated rings. The number of ether oxygens (including phenoxy) is 1. The number of hydrogen-bond donors (Lipinski definition) is 1. The van der Waals surface area contributed by atoms with Gasteiger partial charge in [0.2, 0.25) is 0 Å². The van der Waals surface area contributed by atoms with Gasteiger partial charge < -0.3 is 9.84 Å². The Kier molecular flexibility index (Phi) is 5.71. The van der Waals surface area contributed by atoms with Crippen molar-refractivity contribution in [1.29, 1.82) is 0 Å². The van der Waals surface area contributed by atoms with E-state index < -0.39 is 5.97 Å². The fourth-order valence-electron chi connectivity index (χ4n) is 1.09. The summed E-state index contributed by atoms with van der Waals surface area (Å²) < 4.78 is 5.42. The van der Waals surface area contributed by atoms with Gasteiger partial charge in [-0.25, -0.2) is 9.78 Å². The highest BCUT2D eigenvalue weighted by molar-refractivity contribution is 7.99. The molecule has 0 amide bonds. The number of rotatable bonds is 7. The van der Waals surface area contributed by atoms with Gasteiger partial charge in [-0.05, 0) is 30.1 Å². The van der Waals surface area contributed by atoms with Crippen LogP contribution in [0.5, 0.6) is 5.75 Å². The van der Waals surface area contributed by atoms with Crippen LogP contribution < -0.4 is 4.74 Å². The molecule has 0 aliphatic heterocycles. The largest absolute Gasteiger partial charge is 0.492 e. The maximum absolute atomic E-state index is 10.5. The monoisotopic (exact) mass is 241 g/mol. The Hall–Kier alpha value is -1.23. The summed E-state index contributed by atoms with van der Waals surface area (Å²) in [5, 5.41) is 8.64. The lowest BCUT2D eigenvalue weighted by Crippen LogP contribution is -2.02. The summed E-state index contributed by atoms with van der Waals surface area (Å²) in [6, 6.07) is 3.07. The van der Waals surface area contributed by atoms with Crippen LogP contribution in [-0.4, -0.2) is 34.2 Å². The van der Waals surface area contributed by atoms with Crippen LogP contribution in [0.4, 0.5) is 0 Å². The smallest absolute Gasteiger partial charge is 0.354 e. The van der Waals surface area contributed by atoms with Crippen molar-refractivity contribution in [2.45, 2.75) is 13.3 Å². The molecule has 0 aliphatic rings. The van der Waals surface area contributed by atoms with E-state index in [2.05, 4.69) is 11.9 Å². The fourth-order valence-corrected chi connectivity index (χ4v) is 1.70. The summed E-state index contributed by atoms with van der Waals surface area (Å²) in [7, 11) is 0. The van der Waals surface area contributed by atoms with Crippen LogP contribution >= 0.6 is 11.8 Å². The summed E-state index contributed by atoms with van der Waals surface area (Å²) in [6.45, 7) is 2.77. The molecule has 0 saturated carbocycles. The van der Waals surface area contributed by atoms with E-state index in [4.69, 9.17) is 9.84 Å². The third-order valence-electron chi connectivity index (χ3n) is 1.86. The van der Waals surface area contributed by atoms with Gasteiger partial charge in [-0.2, -0.15) is 11.8 Å². The average Bonchev–Trinajstić information content (AvgIpc) is 2.29. The molecular weight excluding hydrogens is 226 g/mol. The van der Waals surface area contributed by atoms with Crippen LogP contribution in [0, 0.1) is 0 Å². The van der Waals surface area contributed by atoms with Gasteiger partial charge in [0.1, 0.15) is 11.4 Å². The Morgan fingerprint density at radius 3 is 2.94 bits per heavy atom. The second-order valence-corrected chi connectivity index (χ2v) is 4.48. The van der Waals surface area contributed by atoms with Gasteiger partial charge in [0.15, 0.2) is 0 Å². The molecule has 1 aromatic heterocycles. The molecular formula is C11H15NO3S. The average molecular weight is 241 g/mol. The van der Waals surface area contributed by atoms with Crippen molar-refractivity contribution in [3.8, 4) is 5.75 Å². The number of aromatic nitrogens is 1. The lowest BCUT2D eigenvalue weighted by molar-refractivity contribution is 0.0690. The Labute approximate surface area is 99.0 Å². The molecule has 0 unspecified atom stereocenters. The predicted molar refractivity (Wildman–Crippen MR) is 64.3 cm³/mol. The van der Waals surface area contributed by atoms with E-state index in [-0.39, 0.29) is 5.69 Å². The molecule has 0 aromatic carbocycles. The molecule has 1 N–H and O–H groups in total. The third kappa shape index (κ3) is 4.53. The summed E-state index contributed by atoms with van der Waals surface area (Å²) >= 11 is 1.88. The molecule has 0 bridgehead atoms. The molecule has 0 spiro atoms. The first-order valence-corrected chi connectivity index (χ1v) is 6.29. The maximum atomic E-state index is 10.5. The highest BCUT2D eigenvalue weighted by atomic mass is 32.2. The minimum Gasteiger partial charge on any atom is -0.492 e. The molecule has 0 atom stereocenters.